The second-order valence-electron chi connectivity index (χ2n) is 4.88. The maximum Gasteiger partial charge on any atom is 0.118 e. The van der Waals surface area contributed by atoms with Crippen molar-refractivity contribution in [1.29, 1.82) is 5.26 Å². The molecule has 0 heterocycles. The molecule has 0 radical (unpaired) electrons. The van der Waals surface area contributed by atoms with Crippen LogP contribution in [0.5, 0.6) is 11.5 Å². The summed E-state index contributed by atoms with van der Waals surface area (Å²) >= 11 is 0. The summed E-state index contributed by atoms with van der Waals surface area (Å²) in [5.41, 5.74) is 2.24. The monoisotopic (exact) mass is 285 g/mol. The van der Waals surface area contributed by atoms with Gasteiger partial charge in [0.15, 0.2) is 0 Å². The van der Waals surface area contributed by atoms with Gasteiger partial charge >= 0.3 is 0 Å². The first-order valence-corrected chi connectivity index (χ1v) is 6.69. The van der Waals surface area contributed by atoms with Crippen LogP contribution in [-0.2, 0) is 12.8 Å². The van der Waals surface area contributed by atoms with Crippen LogP contribution in [0.15, 0.2) is 42.5 Å². The van der Waals surface area contributed by atoms with Gasteiger partial charge in [-0.15, -0.1) is 0 Å². The summed E-state index contributed by atoms with van der Waals surface area (Å²) < 4.78 is 12.4. The third-order valence-electron chi connectivity index (χ3n) is 3.40. The zero-order valence-corrected chi connectivity index (χ0v) is 11.5. The summed E-state index contributed by atoms with van der Waals surface area (Å²) in [5.74, 6) is -0.117. The molecule has 0 aromatic heterocycles. The van der Waals surface area contributed by atoms with Crippen molar-refractivity contribution in [2.75, 3.05) is 6.67 Å². The first-order valence-electron chi connectivity index (χ1n) is 6.69. The van der Waals surface area contributed by atoms with Crippen molar-refractivity contribution in [3.63, 3.8) is 0 Å². The van der Waals surface area contributed by atoms with E-state index >= 15 is 0 Å². The summed E-state index contributed by atoms with van der Waals surface area (Å²) in [7, 11) is 0. The molecule has 1 unspecified atom stereocenters. The summed E-state index contributed by atoms with van der Waals surface area (Å²) in [6.45, 7) is -0.531. The van der Waals surface area contributed by atoms with Gasteiger partial charge < -0.3 is 10.2 Å². The molecule has 2 rings (SSSR count). The van der Waals surface area contributed by atoms with Crippen molar-refractivity contribution in [3.05, 3.63) is 59.2 Å². The Balaban J connectivity index is 2.21. The molecule has 4 heteroatoms. The molecule has 2 aromatic carbocycles. The van der Waals surface area contributed by atoms with Crippen molar-refractivity contribution in [2.24, 2.45) is 0 Å². The smallest absolute Gasteiger partial charge is 0.118 e. The Morgan fingerprint density at radius 1 is 1.10 bits per heavy atom. The SMILES string of the molecule is N#CC(Cc1ccc(O)c(CCF)c1)c1ccc(O)cc1. The number of alkyl halides is 1. The van der Waals surface area contributed by atoms with Crippen LogP contribution in [0.25, 0.3) is 0 Å². The number of nitriles is 1. The molecular formula is C17H16FNO2. The molecule has 2 aromatic rings. The number of phenols is 2. The second-order valence-corrected chi connectivity index (χ2v) is 4.88. The number of halogens is 1. The Hall–Kier alpha value is -2.54. The van der Waals surface area contributed by atoms with Gasteiger partial charge in [0.1, 0.15) is 11.5 Å². The fourth-order valence-corrected chi connectivity index (χ4v) is 2.25. The van der Waals surface area contributed by atoms with Crippen molar-refractivity contribution in [2.45, 2.75) is 18.8 Å². The van der Waals surface area contributed by atoms with Crippen LogP contribution >= 0.6 is 0 Å². The molecule has 3 nitrogen and oxygen atoms in total. The molecule has 0 saturated heterocycles. The van der Waals surface area contributed by atoms with Crippen molar-refractivity contribution >= 4 is 0 Å². The molecule has 0 spiro atoms. The van der Waals surface area contributed by atoms with Crippen LogP contribution in [0.1, 0.15) is 22.6 Å². The van der Waals surface area contributed by atoms with Crippen molar-refractivity contribution in [1.82, 2.24) is 0 Å². The van der Waals surface area contributed by atoms with E-state index in [0.717, 1.165) is 11.1 Å². The third-order valence-corrected chi connectivity index (χ3v) is 3.40. The van der Waals surface area contributed by atoms with Gasteiger partial charge in [0.05, 0.1) is 18.7 Å². The molecular weight excluding hydrogens is 269 g/mol. The van der Waals surface area contributed by atoms with Gasteiger partial charge in [-0.25, -0.2) is 0 Å². The fourth-order valence-electron chi connectivity index (χ4n) is 2.25. The molecule has 1 atom stereocenters. The maximum atomic E-state index is 12.4. The zero-order valence-electron chi connectivity index (χ0n) is 11.5. The standard InChI is InChI=1S/C17H16FNO2/c18-8-7-14-9-12(1-6-17(14)21)10-15(11-19)13-2-4-16(20)5-3-13/h1-6,9,15,20-21H,7-8,10H2. The summed E-state index contributed by atoms with van der Waals surface area (Å²) in [4.78, 5) is 0. The maximum absolute atomic E-state index is 12.4. The highest BCUT2D eigenvalue weighted by Gasteiger charge is 2.13. The Kier molecular flexibility index (Phi) is 4.78. The van der Waals surface area contributed by atoms with Crippen LogP contribution in [0.4, 0.5) is 4.39 Å². The van der Waals surface area contributed by atoms with E-state index in [-0.39, 0.29) is 23.8 Å². The molecule has 0 aliphatic heterocycles. The van der Waals surface area contributed by atoms with E-state index < -0.39 is 6.67 Å². The molecule has 2 N–H and O–H groups in total. The topological polar surface area (TPSA) is 64.2 Å². The Labute approximate surface area is 122 Å². The van der Waals surface area contributed by atoms with Gasteiger partial charge in [-0.2, -0.15) is 5.26 Å². The molecule has 0 amide bonds. The van der Waals surface area contributed by atoms with E-state index in [0.29, 0.717) is 12.0 Å². The molecule has 0 bridgehead atoms. The van der Waals surface area contributed by atoms with Gasteiger partial charge in [-0.1, -0.05) is 24.3 Å². The predicted octanol–water partition coefficient (Wildman–Crippen LogP) is 3.46. The normalized spacial score (nSPS) is 11.8. The minimum absolute atomic E-state index is 0.0783. The number of nitrogens with zero attached hydrogens (tertiary/aromatic N) is 1. The first-order chi connectivity index (χ1) is 10.1. The third kappa shape index (κ3) is 3.73. The highest BCUT2D eigenvalue weighted by molar-refractivity contribution is 5.39. The van der Waals surface area contributed by atoms with Gasteiger partial charge in [0.2, 0.25) is 0 Å². The summed E-state index contributed by atoms with van der Waals surface area (Å²) in [6.07, 6.45) is 0.636. The van der Waals surface area contributed by atoms with Crippen LogP contribution in [0.2, 0.25) is 0 Å². The minimum atomic E-state index is -0.531. The van der Waals surface area contributed by atoms with Gasteiger partial charge in [0.25, 0.3) is 0 Å². The number of aryl methyl sites for hydroxylation is 1. The van der Waals surface area contributed by atoms with Gasteiger partial charge in [-0.05, 0) is 41.3 Å². The van der Waals surface area contributed by atoms with Gasteiger partial charge in [0, 0.05) is 6.42 Å². The van der Waals surface area contributed by atoms with Crippen LogP contribution in [-0.4, -0.2) is 16.9 Å². The average Bonchev–Trinajstić information content (AvgIpc) is 2.49. The lowest BCUT2D eigenvalue weighted by Crippen LogP contribution is -2.01. The Morgan fingerprint density at radius 2 is 1.81 bits per heavy atom. The zero-order chi connectivity index (χ0) is 15.2. The molecule has 108 valence electrons. The van der Waals surface area contributed by atoms with E-state index in [9.17, 15) is 19.9 Å². The van der Waals surface area contributed by atoms with Crippen LogP contribution in [0, 0.1) is 11.3 Å². The molecule has 0 aliphatic rings. The largest absolute Gasteiger partial charge is 0.508 e. The average molecular weight is 285 g/mol. The highest BCUT2D eigenvalue weighted by atomic mass is 19.1. The summed E-state index contributed by atoms with van der Waals surface area (Å²) in [5, 5.41) is 28.2. The molecule has 21 heavy (non-hydrogen) atoms. The fraction of sp³-hybridized carbons (Fsp3) is 0.235. The van der Waals surface area contributed by atoms with E-state index in [4.69, 9.17) is 0 Å². The van der Waals surface area contributed by atoms with Crippen LogP contribution in [0.3, 0.4) is 0 Å². The Morgan fingerprint density at radius 3 is 2.43 bits per heavy atom. The van der Waals surface area contributed by atoms with E-state index in [2.05, 4.69) is 6.07 Å². The number of phenolic OH excluding ortho intramolecular Hbond substituents is 2. The second kappa shape index (κ2) is 6.76. The first kappa shape index (κ1) is 14.9. The van der Waals surface area contributed by atoms with Crippen molar-refractivity contribution < 1.29 is 14.6 Å². The quantitative estimate of drug-likeness (QED) is 0.884. The number of benzene rings is 2. The van der Waals surface area contributed by atoms with E-state index in [1.165, 1.54) is 6.07 Å². The molecule has 0 fully saturated rings. The lowest BCUT2D eigenvalue weighted by Gasteiger charge is -2.11. The molecule has 0 saturated carbocycles. The predicted molar refractivity (Wildman–Crippen MR) is 78.0 cm³/mol. The van der Waals surface area contributed by atoms with E-state index in [1.54, 1.807) is 36.4 Å². The van der Waals surface area contributed by atoms with Crippen molar-refractivity contribution in [3.8, 4) is 17.6 Å². The lowest BCUT2D eigenvalue weighted by molar-refractivity contribution is 0.452. The molecule has 0 aliphatic carbocycles. The minimum Gasteiger partial charge on any atom is -0.508 e. The lowest BCUT2D eigenvalue weighted by atomic mass is 9.92. The van der Waals surface area contributed by atoms with E-state index in [1.807, 2.05) is 0 Å². The highest BCUT2D eigenvalue weighted by Crippen LogP contribution is 2.25. The van der Waals surface area contributed by atoms with Crippen LogP contribution < -0.4 is 0 Å². The summed E-state index contributed by atoms with van der Waals surface area (Å²) in [6, 6.07) is 13.8. The van der Waals surface area contributed by atoms with Gasteiger partial charge in [-0.3, -0.25) is 4.39 Å². The number of hydrogen-bond donors (Lipinski definition) is 2. The Bertz CT molecular complexity index is 647. The number of rotatable bonds is 5. The number of aromatic hydroxyl groups is 2. The number of hydrogen-bond acceptors (Lipinski definition) is 3.